The number of carbonyl (C=O) groups is 1. The number of aromatic nitrogens is 2. The maximum absolute atomic E-state index is 13.3. The number of benzene rings is 1. The van der Waals surface area contributed by atoms with Crippen LogP contribution in [0.3, 0.4) is 0 Å². The largest absolute Gasteiger partial charge is 0.383 e. The average molecular weight is 436 g/mol. The number of methoxy groups -OCH3 is 1. The van der Waals surface area contributed by atoms with Gasteiger partial charge in [-0.15, -0.1) is 0 Å². The van der Waals surface area contributed by atoms with Crippen LogP contribution in [0.15, 0.2) is 39.9 Å². The van der Waals surface area contributed by atoms with Crippen molar-refractivity contribution in [3.8, 4) is 0 Å². The molecule has 3 rings (SSSR count). The molecule has 1 atom stereocenters. The van der Waals surface area contributed by atoms with Crippen LogP contribution in [0.5, 0.6) is 0 Å². The summed E-state index contributed by atoms with van der Waals surface area (Å²) in [5.41, 5.74) is 5.17. The summed E-state index contributed by atoms with van der Waals surface area (Å²) in [5.74, 6) is -1.84. The van der Waals surface area contributed by atoms with E-state index in [2.05, 4.69) is 4.98 Å². The fourth-order valence-corrected chi connectivity index (χ4v) is 5.22. The molecule has 1 saturated heterocycles. The van der Waals surface area contributed by atoms with Crippen LogP contribution in [0.25, 0.3) is 0 Å². The van der Waals surface area contributed by atoms with Crippen LogP contribution in [0.4, 0.5) is 11.5 Å². The number of carbonyl (C=O) groups excluding carboxylic acids is 1. The van der Waals surface area contributed by atoms with Crippen LogP contribution in [0.2, 0.25) is 0 Å². The van der Waals surface area contributed by atoms with E-state index < -0.39 is 32.9 Å². The number of hydrogen-bond donors (Lipinski definition) is 2. The number of nitrogen functional groups attached to an aromatic ring is 1. The van der Waals surface area contributed by atoms with Gasteiger partial charge in [0.05, 0.1) is 37.1 Å². The van der Waals surface area contributed by atoms with Crippen molar-refractivity contribution in [3.05, 3.63) is 56.7 Å². The number of nitrogens with two attached hydrogens (primary N) is 1. The fraction of sp³-hybridized carbons (Fsp3) is 0.421. The molecule has 1 aromatic carbocycles. The molecule has 0 radical (unpaired) electrons. The van der Waals surface area contributed by atoms with E-state index in [0.29, 0.717) is 0 Å². The van der Waals surface area contributed by atoms with Crippen molar-refractivity contribution in [1.29, 1.82) is 0 Å². The second-order valence-corrected chi connectivity index (χ2v) is 9.38. The molecule has 0 aliphatic carbocycles. The zero-order valence-electron chi connectivity index (χ0n) is 16.5. The standard InChI is InChI=1S/C19H24N4O6S/c1-29-9-8-22-16(20)15(17(24)21-19(22)26)23(11-13-5-3-2-4-6-13)18(25)14-7-10-30(27,28)12-14/h2-6,14H,7-12,20H2,1H3,(H,21,24,26). The van der Waals surface area contributed by atoms with E-state index in [4.69, 9.17) is 10.5 Å². The molecule has 1 aliphatic rings. The Kier molecular flexibility index (Phi) is 6.42. The lowest BCUT2D eigenvalue weighted by molar-refractivity contribution is -0.121. The smallest absolute Gasteiger partial charge is 0.330 e. The number of sulfone groups is 1. The summed E-state index contributed by atoms with van der Waals surface area (Å²) in [6.45, 7) is 0.255. The average Bonchev–Trinajstić information content (AvgIpc) is 3.07. The zero-order valence-corrected chi connectivity index (χ0v) is 17.4. The molecule has 11 heteroatoms. The fourth-order valence-electron chi connectivity index (χ4n) is 3.49. The van der Waals surface area contributed by atoms with Crippen molar-refractivity contribution in [1.82, 2.24) is 9.55 Å². The first-order valence-electron chi connectivity index (χ1n) is 9.40. The third kappa shape index (κ3) is 4.62. The Morgan fingerprint density at radius 3 is 2.60 bits per heavy atom. The maximum atomic E-state index is 13.3. The molecule has 1 amide bonds. The van der Waals surface area contributed by atoms with E-state index in [1.807, 2.05) is 6.07 Å². The predicted octanol–water partition coefficient (Wildman–Crippen LogP) is -0.267. The van der Waals surface area contributed by atoms with Gasteiger partial charge in [-0.05, 0) is 12.0 Å². The van der Waals surface area contributed by atoms with E-state index in [0.717, 1.165) is 10.1 Å². The van der Waals surface area contributed by atoms with E-state index in [-0.39, 0.29) is 49.1 Å². The van der Waals surface area contributed by atoms with Crippen LogP contribution >= 0.6 is 0 Å². The van der Waals surface area contributed by atoms with E-state index in [9.17, 15) is 22.8 Å². The lowest BCUT2D eigenvalue weighted by Crippen LogP contribution is -2.43. The topological polar surface area (TPSA) is 145 Å². The van der Waals surface area contributed by atoms with Gasteiger partial charge in [-0.25, -0.2) is 13.2 Å². The molecular weight excluding hydrogens is 412 g/mol. The highest BCUT2D eigenvalue weighted by Gasteiger charge is 2.37. The predicted molar refractivity (Wildman–Crippen MR) is 112 cm³/mol. The first-order chi connectivity index (χ1) is 14.2. The first kappa shape index (κ1) is 21.8. The van der Waals surface area contributed by atoms with Gasteiger partial charge in [0.1, 0.15) is 5.82 Å². The summed E-state index contributed by atoms with van der Waals surface area (Å²) in [6, 6.07) is 8.93. The summed E-state index contributed by atoms with van der Waals surface area (Å²) in [6.07, 6.45) is 0.174. The van der Waals surface area contributed by atoms with Crippen molar-refractivity contribution < 1.29 is 17.9 Å². The number of nitrogens with zero attached hydrogens (tertiary/aromatic N) is 2. The normalized spacial score (nSPS) is 17.7. The Morgan fingerprint density at radius 2 is 2.00 bits per heavy atom. The Bertz CT molecular complexity index is 1140. The van der Waals surface area contributed by atoms with Gasteiger partial charge in [0.15, 0.2) is 15.5 Å². The lowest BCUT2D eigenvalue weighted by atomic mass is 10.1. The molecule has 1 unspecified atom stereocenters. The van der Waals surface area contributed by atoms with Gasteiger partial charge in [-0.1, -0.05) is 30.3 Å². The highest BCUT2D eigenvalue weighted by molar-refractivity contribution is 7.91. The molecule has 1 fully saturated rings. The summed E-state index contributed by atoms with van der Waals surface area (Å²) < 4.78 is 29.9. The number of amides is 1. The summed E-state index contributed by atoms with van der Waals surface area (Å²) >= 11 is 0. The zero-order chi connectivity index (χ0) is 21.9. The van der Waals surface area contributed by atoms with Gasteiger partial charge in [0.2, 0.25) is 5.91 Å². The van der Waals surface area contributed by atoms with E-state index in [1.54, 1.807) is 24.3 Å². The van der Waals surface area contributed by atoms with Gasteiger partial charge in [0.25, 0.3) is 5.56 Å². The number of nitrogens with one attached hydrogen (secondary N) is 1. The minimum Gasteiger partial charge on any atom is -0.383 e. The van der Waals surface area contributed by atoms with Crippen LogP contribution in [-0.4, -0.2) is 49.1 Å². The third-order valence-corrected chi connectivity index (χ3v) is 6.80. The molecule has 3 N–H and O–H groups in total. The quantitative estimate of drug-likeness (QED) is 0.608. The summed E-state index contributed by atoms with van der Waals surface area (Å²) in [5, 5.41) is 0. The Morgan fingerprint density at radius 1 is 1.30 bits per heavy atom. The molecule has 0 spiro atoms. The number of H-pyrrole nitrogens is 1. The van der Waals surface area contributed by atoms with Crippen LogP contribution in [0, 0.1) is 5.92 Å². The Balaban J connectivity index is 2.09. The molecule has 162 valence electrons. The van der Waals surface area contributed by atoms with Crippen LogP contribution < -0.4 is 21.9 Å². The number of anilines is 2. The molecule has 0 bridgehead atoms. The van der Waals surface area contributed by atoms with Gasteiger partial charge < -0.3 is 10.5 Å². The molecule has 30 heavy (non-hydrogen) atoms. The van der Waals surface area contributed by atoms with E-state index >= 15 is 0 Å². The highest BCUT2D eigenvalue weighted by atomic mass is 32.2. The molecule has 1 aliphatic heterocycles. The molecule has 2 aromatic rings. The summed E-state index contributed by atoms with van der Waals surface area (Å²) in [4.78, 5) is 41.5. The van der Waals surface area contributed by atoms with Crippen molar-refractivity contribution in [2.75, 3.05) is 35.9 Å². The number of aromatic amines is 1. The minimum absolute atomic E-state index is 0.00594. The minimum atomic E-state index is -3.31. The van der Waals surface area contributed by atoms with Gasteiger partial charge in [-0.3, -0.25) is 24.0 Å². The van der Waals surface area contributed by atoms with Gasteiger partial charge >= 0.3 is 5.69 Å². The van der Waals surface area contributed by atoms with Gasteiger partial charge in [0, 0.05) is 7.11 Å². The first-order valence-corrected chi connectivity index (χ1v) is 11.2. The van der Waals surface area contributed by atoms with Crippen molar-refractivity contribution >= 4 is 27.2 Å². The van der Waals surface area contributed by atoms with Crippen LogP contribution in [0.1, 0.15) is 12.0 Å². The second kappa shape index (κ2) is 8.84. The Hall–Kier alpha value is -2.92. The number of ether oxygens (including phenoxy) is 1. The maximum Gasteiger partial charge on any atom is 0.330 e. The molecule has 1 aromatic heterocycles. The van der Waals surface area contributed by atoms with Gasteiger partial charge in [-0.2, -0.15) is 0 Å². The Labute approximate surface area is 173 Å². The second-order valence-electron chi connectivity index (χ2n) is 7.15. The lowest BCUT2D eigenvalue weighted by Gasteiger charge is -2.26. The highest BCUT2D eigenvalue weighted by Crippen LogP contribution is 2.26. The molecule has 2 heterocycles. The third-order valence-electron chi connectivity index (χ3n) is 5.03. The van der Waals surface area contributed by atoms with Crippen molar-refractivity contribution in [3.63, 3.8) is 0 Å². The van der Waals surface area contributed by atoms with E-state index in [1.165, 1.54) is 12.0 Å². The monoisotopic (exact) mass is 436 g/mol. The van der Waals surface area contributed by atoms with Crippen molar-refractivity contribution in [2.24, 2.45) is 5.92 Å². The SMILES string of the molecule is COCCn1c(N)c(N(Cc2ccccc2)C(=O)C2CCS(=O)(=O)C2)c(=O)[nH]c1=O. The molecule has 10 nitrogen and oxygen atoms in total. The van der Waals surface area contributed by atoms with Crippen molar-refractivity contribution in [2.45, 2.75) is 19.5 Å². The molecular formula is C19H24N4O6S. The number of hydrogen-bond acceptors (Lipinski definition) is 7. The number of rotatable bonds is 7. The summed E-state index contributed by atoms with van der Waals surface area (Å²) in [7, 11) is -1.85. The molecule has 0 saturated carbocycles. The van der Waals surface area contributed by atoms with Crippen LogP contribution in [-0.2, 0) is 32.5 Å².